The number of carbonyl (C=O) groups excluding carboxylic acids is 2. The molecule has 5 nitrogen and oxygen atoms in total. The number of rotatable bonds is 4. The summed E-state index contributed by atoms with van der Waals surface area (Å²) in [5.41, 5.74) is 0. The number of hydrogen-bond acceptors (Lipinski definition) is 3. The van der Waals surface area contributed by atoms with Crippen LogP contribution in [0.2, 0.25) is 0 Å². The minimum absolute atomic E-state index is 0.172. The van der Waals surface area contributed by atoms with Crippen molar-refractivity contribution in [1.29, 1.82) is 0 Å². The van der Waals surface area contributed by atoms with Gasteiger partial charge in [0.1, 0.15) is 6.04 Å². The van der Waals surface area contributed by atoms with Crippen LogP contribution in [0.3, 0.4) is 0 Å². The van der Waals surface area contributed by atoms with Gasteiger partial charge in [-0.25, -0.2) is 5.06 Å². The average molecular weight is 228 g/mol. The highest BCUT2D eigenvalue weighted by Crippen LogP contribution is 2.28. The van der Waals surface area contributed by atoms with Crippen molar-refractivity contribution in [2.24, 2.45) is 5.92 Å². The highest BCUT2D eigenvalue weighted by Gasteiger charge is 2.33. The topological polar surface area (TPSA) is 58.6 Å². The van der Waals surface area contributed by atoms with Gasteiger partial charge in [-0.3, -0.25) is 14.4 Å². The van der Waals surface area contributed by atoms with Crippen LogP contribution in [0.1, 0.15) is 32.6 Å². The molecule has 0 heterocycles. The van der Waals surface area contributed by atoms with E-state index in [1.54, 1.807) is 7.05 Å². The first kappa shape index (κ1) is 13.0. The Bertz CT molecular complexity index is 262. The zero-order valence-electron chi connectivity index (χ0n) is 10.2. The van der Waals surface area contributed by atoms with Gasteiger partial charge in [0.15, 0.2) is 0 Å². The van der Waals surface area contributed by atoms with Crippen molar-refractivity contribution in [3.63, 3.8) is 0 Å². The minimum atomic E-state index is -0.440. The molecule has 1 atom stereocenters. The second kappa shape index (κ2) is 5.84. The van der Waals surface area contributed by atoms with Gasteiger partial charge in [-0.1, -0.05) is 12.8 Å². The van der Waals surface area contributed by atoms with Gasteiger partial charge < -0.3 is 5.32 Å². The first-order valence-electron chi connectivity index (χ1n) is 5.65. The second-order valence-corrected chi connectivity index (χ2v) is 4.24. The predicted molar refractivity (Wildman–Crippen MR) is 59.3 cm³/mol. The summed E-state index contributed by atoms with van der Waals surface area (Å²) in [5.74, 6) is -0.103. The van der Waals surface area contributed by atoms with E-state index in [0.717, 1.165) is 25.7 Å². The molecule has 0 bridgehead atoms. The number of carbonyl (C=O) groups is 2. The molecule has 0 aromatic carbocycles. The van der Waals surface area contributed by atoms with Crippen LogP contribution in [-0.4, -0.2) is 37.1 Å². The van der Waals surface area contributed by atoms with E-state index < -0.39 is 6.04 Å². The van der Waals surface area contributed by atoms with Crippen molar-refractivity contribution in [1.82, 2.24) is 10.4 Å². The van der Waals surface area contributed by atoms with E-state index in [9.17, 15) is 9.59 Å². The number of hydrogen-bond donors (Lipinski definition) is 1. The third-order valence-electron chi connectivity index (χ3n) is 3.08. The van der Waals surface area contributed by atoms with E-state index in [-0.39, 0.29) is 17.7 Å². The lowest BCUT2D eigenvalue weighted by Crippen LogP contribution is -2.50. The normalized spacial score (nSPS) is 18.2. The summed E-state index contributed by atoms with van der Waals surface area (Å²) >= 11 is 0. The average Bonchev–Trinajstić information content (AvgIpc) is 2.76. The lowest BCUT2D eigenvalue weighted by atomic mass is 9.97. The lowest BCUT2D eigenvalue weighted by molar-refractivity contribution is -0.173. The first-order valence-corrected chi connectivity index (χ1v) is 5.65. The maximum Gasteiger partial charge on any atom is 0.268 e. The predicted octanol–water partition coefficient (Wildman–Crippen LogP) is 0.701. The maximum atomic E-state index is 12.0. The third-order valence-corrected chi connectivity index (χ3v) is 3.08. The van der Waals surface area contributed by atoms with Crippen molar-refractivity contribution in [3.05, 3.63) is 0 Å². The van der Waals surface area contributed by atoms with E-state index in [4.69, 9.17) is 4.84 Å². The molecular formula is C11H20N2O3. The fraction of sp³-hybridized carbons (Fsp3) is 0.818. The molecule has 1 N–H and O–H groups in total. The molecule has 2 amide bonds. The van der Waals surface area contributed by atoms with Gasteiger partial charge in [0.05, 0.1) is 7.11 Å². The van der Waals surface area contributed by atoms with E-state index >= 15 is 0 Å². The Kier molecular flexibility index (Phi) is 4.73. The lowest BCUT2D eigenvalue weighted by Gasteiger charge is -2.26. The molecular weight excluding hydrogens is 208 g/mol. The highest BCUT2D eigenvalue weighted by molar-refractivity contribution is 5.86. The molecule has 0 saturated heterocycles. The smallest absolute Gasteiger partial charge is 0.268 e. The zero-order valence-corrected chi connectivity index (χ0v) is 10.2. The number of hydroxylamine groups is 2. The van der Waals surface area contributed by atoms with Crippen molar-refractivity contribution >= 4 is 11.8 Å². The van der Waals surface area contributed by atoms with Crippen LogP contribution < -0.4 is 5.32 Å². The molecule has 5 heteroatoms. The Labute approximate surface area is 96.1 Å². The molecule has 92 valence electrons. The maximum absolute atomic E-state index is 12.0. The summed E-state index contributed by atoms with van der Waals surface area (Å²) in [6.45, 7) is 1.43. The fourth-order valence-corrected chi connectivity index (χ4v) is 2.18. The Morgan fingerprint density at radius 3 is 2.38 bits per heavy atom. The Balaban J connectivity index is 2.69. The summed E-state index contributed by atoms with van der Waals surface area (Å²) in [6.07, 6.45) is 4.25. The summed E-state index contributed by atoms with van der Waals surface area (Å²) in [5, 5.41) is 3.91. The number of nitrogens with zero attached hydrogens (tertiary/aromatic N) is 1. The summed E-state index contributed by atoms with van der Waals surface area (Å²) < 4.78 is 0. The van der Waals surface area contributed by atoms with Gasteiger partial charge in [-0.15, -0.1) is 0 Å². The number of likely N-dealkylation sites (N-methyl/N-ethyl adjacent to an activating group) is 1. The molecule has 1 rings (SSSR count). The van der Waals surface area contributed by atoms with Gasteiger partial charge in [-0.2, -0.15) is 0 Å². The molecule has 0 aromatic heterocycles. The molecule has 0 spiro atoms. The third kappa shape index (κ3) is 3.20. The van der Waals surface area contributed by atoms with Gasteiger partial charge in [0.25, 0.3) is 5.91 Å². The fourth-order valence-electron chi connectivity index (χ4n) is 2.18. The monoisotopic (exact) mass is 228 g/mol. The van der Waals surface area contributed by atoms with Crippen molar-refractivity contribution in [3.8, 4) is 0 Å². The van der Waals surface area contributed by atoms with E-state index in [2.05, 4.69) is 5.32 Å². The van der Waals surface area contributed by atoms with Crippen LogP contribution in [-0.2, 0) is 14.4 Å². The van der Waals surface area contributed by atoms with Crippen LogP contribution in [0.5, 0.6) is 0 Å². The molecule has 1 unspecified atom stereocenters. The molecule has 1 aliphatic rings. The molecule has 0 aliphatic heterocycles. The summed E-state index contributed by atoms with van der Waals surface area (Å²) in [6, 6.07) is -0.440. The summed E-state index contributed by atoms with van der Waals surface area (Å²) in [7, 11) is 3.00. The van der Waals surface area contributed by atoms with Crippen LogP contribution in [0, 0.1) is 5.92 Å². The van der Waals surface area contributed by atoms with Crippen LogP contribution in [0.4, 0.5) is 0 Å². The second-order valence-electron chi connectivity index (χ2n) is 4.24. The first-order chi connectivity index (χ1) is 7.56. The van der Waals surface area contributed by atoms with Gasteiger partial charge in [-0.05, 0) is 18.8 Å². The SMILES string of the molecule is CON(C)C(=O)C(NC(C)=O)C1CCCC1. The van der Waals surface area contributed by atoms with Crippen LogP contribution in [0.15, 0.2) is 0 Å². The standard InChI is InChI=1S/C11H20N2O3/c1-8(14)12-10(9-6-4-5-7-9)11(15)13(2)16-3/h9-10H,4-7H2,1-3H3,(H,12,14). The van der Waals surface area contributed by atoms with Gasteiger partial charge in [0, 0.05) is 14.0 Å². The van der Waals surface area contributed by atoms with Crippen molar-refractivity contribution in [2.75, 3.05) is 14.2 Å². The quantitative estimate of drug-likeness (QED) is 0.721. The molecule has 0 aromatic rings. The van der Waals surface area contributed by atoms with Gasteiger partial charge in [0.2, 0.25) is 5.91 Å². The van der Waals surface area contributed by atoms with Crippen LogP contribution >= 0.6 is 0 Å². The molecule has 1 aliphatic carbocycles. The molecule has 1 fully saturated rings. The Morgan fingerprint density at radius 1 is 1.38 bits per heavy atom. The Morgan fingerprint density at radius 2 is 1.94 bits per heavy atom. The summed E-state index contributed by atoms with van der Waals surface area (Å²) in [4.78, 5) is 28.0. The minimum Gasteiger partial charge on any atom is -0.344 e. The largest absolute Gasteiger partial charge is 0.344 e. The zero-order chi connectivity index (χ0) is 12.1. The van der Waals surface area contributed by atoms with Gasteiger partial charge >= 0.3 is 0 Å². The van der Waals surface area contributed by atoms with E-state index in [1.165, 1.54) is 19.1 Å². The highest BCUT2D eigenvalue weighted by atomic mass is 16.7. The Hall–Kier alpha value is -1.10. The van der Waals surface area contributed by atoms with Crippen molar-refractivity contribution in [2.45, 2.75) is 38.6 Å². The van der Waals surface area contributed by atoms with E-state index in [0.29, 0.717) is 0 Å². The number of nitrogens with one attached hydrogen (secondary N) is 1. The van der Waals surface area contributed by atoms with Crippen molar-refractivity contribution < 1.29 is 14.4 Å². The molecule has 1 saturated carbocycles. The van der Waals surface area contributed by atoms with E-state index in [1.807, 2.05) is 0 Å². The van der Waals surface area contributed by atoms with Crippen LogP contribution in [0.25, 0.3) is 0 Å². The number of amides is 2. The molecule has 16 heavy (non-hydrogen) atoms. The molecule has 0 radical (unpaired) electrons.